The fourth-order valence-electron chi connectivity index (χ4n) is 2.81. The Morgan fingerprint density at radius 1 is 0.800 bits per heavy atom. The van der Waals surface area contributed by atoms with Crippen molar-refractivity contribution in [2.75, 3.05) is 19.5 Å². The molecule has 1 atom stereocenters. The van der Waals surface area contributed by atoms with Crippen LogP contribution < -0.4 is 25.6 Å². The molecule has 0 spiro atoms. The van der Waals surface area contributed by atoms with Crippen molar-refractivity contribution in [3.05, 3.63) is 90.0 Å². The fraction of sp³-hybridized carbons (Fsp3) is 0.130. The zero-order chi connectivity index (χ0) is 21.3. The predicted octanol–water partition coefficient (Wildman–Crippen LogP) is 3.32. The van der Waals surface area contributed by atoms with Crippen molar-refractivity contribution in [2.24, 2.45) is 0 Å². The Hall–Kier alpha value is -3.84. The molecule has 0 fully saturated rings. The number of anilines is 1. The molecule has 7 nitrogen and oxygen atoms in total. The number of rotatable bonds is 8. The van der Waals surface area contributed by atoms with E-state index in [-0.39, 0.29) is 11.8 Å². The zero-order valence-corrected chi connectivity index (χ0v) is 16.7. The van der Waals surface area contributed by atoms with E-state index < -0.39 is 6.04 Å². The van der Waals surface area contributed by atoms with Crippen molar-refractivity contribution in [3.8, 4) is 11.5 Å². The van der Waals surface area contributed by atoms with E-state index in [4.69, 9.17) is 9.47 Å². The van der Waals surface area contributed by atoms with Gasteiger partial charge in [-0.1, -0.05) is 36.4 Å². The summed E-state index contributed by atoms with van der Waals surface area (Å²) in [5, 5.41) is 2.84. The minimum absolute atomic E-state index is 0.329. The van der Waals surface area contributed by atoms with Gasteiger partial charge in [0.2, 0.25) is 5.91 Å². The number of nitrogens with one attached hydrogen (secondary N) is 3. The van der Waals surface area contributed by atoms with E-state index in [1.54, 1.807) is 62.8 Å². The first-order valence-corrected chi connectivity index (χ1v) is 9.30. The van der Waals surface area contributed by atoms with Gasteiger partial charge < -0.3 is 14.8 Å². The summed E-state index contributed by atoms with van der Waals surface area (Å²) in [6, 6.07) is 22.0. The van der Waals surface area contributed by atoms with Crippen molar-refractivity contribution < 1.29 is 19.1 Å². The van der Waals surface area contributed by atoms with Crippen molar-refractivity contribution in [2.45, 2.75) is 6.04 Å². The molecule has 0 saturated carbocycles. The second-order valence-electron chi connectivity index (χ2n) is 6.39. The van der Waals surface area contributed by atoms with E-state index in [2.05, 4.69) is 16.2 Å². The summed E-state index contributed by atoms with van der Waals surface area (Å²) >= 11 is 0. The Morgan fingerprint density at radius 2 is 1.50 bits per heavy atom. The number of ether oxygens (including phenoxy) is 2. The Morgan fingerprint density at radius 3 is 2.17 bits per heavy atom. The molecular formula is C23H23N3O4. The van der Waals surface area contributed by atoms with Crippen LogP contribution in [0.2, 0.25) is 0 Å². The van der Waals surface area contributed by atoms with Crippen molar-refractivity contribution in [1.29, 1.82) is 0 Å². The normalized spacial score (nSPS) is 11.3. The minimum Gasteiger partial charge on any atom is -0.497 e. The van der Waals surface area contributed by atoms with Gasteiger partial charge in [-0.05, 0) is 42.0 Å². The molecular weight excluding hydrogens is 382 g/mol. The van der Waals surface area contributed by atoms with Crippen LogP contribution in [0.1, 0.15) is 22.0 Å². The molecule has 3 aromatic carbocycles. The summed E-state index contributed by atoms with van der Waals surface area (Å²) < 4.78 is 10.3. The molecule has 7 heteroatoms. The lowest BCUT2D eigenvalue weighted by atomic mass is 10.1. The smallest absolute Gasteiger partial charge is 0.265 e. The fourth-order valence-corrected chi connectivity index (χ4v) is 2.81. The van der Waals surface area contributed by atoms with Gasteiger partial charge in [0, 0.05) is 17.3 Å². The lowest BCUT2D eigenvalue weighted by Crippen LogP contribution is -2.44. The topological polar surface area (TPSA) is 88.7 Å². The van der Waals surface area contributed by atoms with Crippen LogP contribution in [-0.4, -0.2) is 26.0 Å². The van der Waals surface area contributed by atoms with E-state index in [0.29, 0.717) is 28.3 Å². The number of carbonyl (C=O) groups is 2. The third-order valence-corrected chi connectivity index (χ3v) is 4.41. The quantitative estimate of drug-likeness (QED) is 0.501. The molecule has 1 unspecified atom stereocenters. The number of benzene rings is 3. The van der Waals surface area contributed by atoms with Crippen LogP contribution in [0, 0.1) is 0 Å². The highest BCUT2D eigenvalue weighted by Crippen LogP contribution is 2.20. The van der Waals surface area contributed by atoms with Crippen LogP contribution in [0.3, 0.4) is 0 Å². The number of hydrogen-bond acceptors (Lipinski definition) is 5. The van der Waals surface area contributed by atoms with Gasteiger partial charge in [-0.15, -0.1) is 0 Å². The van der Waals surface area contributed by atoms with Gasteiger partial charge in [0.15, 0.2) is 0 Å². The molecule has 3 rings (SSSR count). The first-order valence-electron chi connectivity index (χ1n) is 9.30. The van der Waals surface area contributed by atoms with Gasteiger partial charge in [-0.3, -0.25) is 15.0 Å². The molecule has 2 amide bonds. The highest BCUT2D eigenvalue weighted by Gasteiger charge is 2.21. The maximum Gasteiger partial charge on any atom is 0.265 e. The van der Waals surface area contributed by atoms with E-state index in [1.807, 2.05) is 30.3 Å². The van der Waals surface area contributed by atoms with Crippen LogP contribution in [0.15, 0.2) is 78.9 Å². The molecule has 0 bridgehead atoms. The predicted molar refractivity (Wildman–Crippen MR) is 114 cm³/mol. The first kappa shape index (κ1) is 20.9. The summed E-state index contributed by atoms with van der Waals surface area (Å²) in [6.07, 6.45) is 0. The van der Waals surface area contributed by atoms with Gasteiger partial charge in [-0.2, -0.15) is 0 Å². The number of hydrogen-bond donors (Lipinski definition) is 3. The molecule has 0 aliphatic rings. The minimum atomic E-state index is -0.806. The maximum atomic E-state index is 13.0. The Bertz CT molecular complexity index is 991. The van der Waals surface area contributed by atoms with E-state index in [9.17, 15) is 9.59 Å². The Labute approximate surface area is 175 Å². The summed E-state index contributed by atoms with van der Waals surface area (Å²) in [4.78, 5) is 25.4. The van der Waals surface area contributed by atoms with Crippen LogP contribution in [-0.2, 0) is 4.79 Å². The van der Waals surface area contributed by atoms with Crippen LogP contribution >= 0.6 is 0 Å². The third-order valence-electron chi connectivity index (χ3n) is 4.41. The average Bonchev–Trinajstić information content (AvgIpc) is 2.80. The van der Waals surface area contributed by atoms with E-state index in [1.165, 1.54) is 0 Å². The highest BCUT2D eigenvalue weighted by molar-refractivity contribution is 5.97. The van der Waals surface area contributed by atoms with Crippen molar-refractivity contribution in [1.82, 2.24) is 10.9 Å². The van der Waals surface area contributed by atoms with Gasteiger partial charge in [0.25, 0.3) is 5.91 Å². The van der Waals surface area contributed by atoms with Gasteiger partial charge in [0.05, 0.1) is 14.2 Å². The lowest BCUT2D eigenvalue weighted by Gasteiger charge is -2.19. The van der Waals surface area contributed by atoms with Crippen LogP contribution in [0.5, 0.6) is 11.5 Å². The SMILES string of the molecule is COc1ccc(C(=O)NNC(C(=O)Nc2cccc(OC)c2)c2ccccc2)cc1. The van der Waals surface area contributed by atoms with Crippen molar-refractivity contribution >= 4 is 17.5 Å². The third kappa shape index (κ3) is 5.36. The van der Waals surface area contributed by atoms with Crippen molar-refractivity contribution in [3.63, 3.8) is 0 Å². The first-order chi connectivity index (χ1) is 14.6. The summed E-state index contributed by atoms with van der Waals surface area (Å²) in [5.41, 5.74) is 7.17. The number of hydrazine groups is 1. The molecule has 0 saturated heterocycles. The average molecular weight is 405 g/mol. The van der Waals surface area contributed by atoms with E-state index >= 15 is 0 Å². The number of amides is 2. The largest absolute Gasteiger partial charge is 0.497 e. The molecule has 0 heterocycles. The highest BCUT2D eigenvalue weighted by atomic mass is 16.5. The Kier molecular flexibility index (Phi) is 7.02. The lowest BCUT2D eigenvalue weighted by molar-refractivity contribution is -0.118. The maximum absolute atomic E-state index is 13.0. The summed E-state index contributed by atoms with van der Waals surface area (Å²) in [6.45, 7) is 0. The van der Waals surface area contributed by atoms with Gasteiger partial charge >= 0.3 is 0 Å². The molecule has 0 aromatic heterocycles. The molecule has 0 aliphatic heterocycles. The van der Waals surface area contributed by atoms with Gasteiger partial charge in [-0.25, -0.2) is 5.43 Å². The monoisotopic (exact) mass is 405 g/mol. The van der Waals surface area contributed by atoms with Gasteiger partial charge in [0.1, 0.15) is 17.5 Å². The second-order valence-corrected chi connectivity index (χ2v) is 6.39. The summed E-state index contributed by atoms with van der Waals surface area (Å²) in [7, 11) is 3.12. The van der Waals surface area contributed by atoms with E-state index in [0.717, 1.165) is 0 Å². The number of carbonyl (C=O) groups excluding carboxylic acids is 2. The standard InChI is InChI=1S/C23H23N3O4/c1-29-19-13-11-17(12-14-19)22(27)26-25-21(16-7-4-3-5-8-16)23(28)24-18-9-6-10-20(15-18)30-2/h3-15,21,25H,1-2H3,(H,24,28)(H,26,27). The zero-order valence-electron chi connectivity index (χ0n) is 16.7. The Balaban J connectivity index is 1.73. The van der Waals surface area contributed by atoms with Crippen LogP contribution in [0.4, 0.5) is 5.69 Å². The molecule has 0 radical (unpaired) electrons. The molecule has 0 aliphatic carbocycles. The van der Waals surface area contributed by atoms with Crippen LogP contribution in [0.25, 0.3) is 0 Å². The molecule has 30 heavy (non-hydrogen) atoms. The molecule has 3 aromatic rings. The summed E-state index contributed by atoms with van der Waals surface area (Å²) in [5.74, 6) is 0.585. The molecule has 154 valence electrons. The molecule has 3 N–H and O–H groups in total. The number of methoxy groups -OCH3 is 2. The second kappa shape index (κ2) is 10.1.